The number of rotatable bonds is 3. The Balaban J connectivity index is 2.21. The fraction of sp³-hybridized carbons (Fsp3) is 0. The second kappa shape index (κ2) is 6.38. The first-order valence-electron chi connectivity index (χ1n) is 6.99. The van der Waals surface area contributed by atoms with Gasteiger partial charge in [-0.15, -0.1) is 0 Å². The molecule has 0 aliphatic carbocycles. The first-order valence-corrected chi connectivity index (χ1v) is 8.33. The van der Waals surface area contributed by atoms with Gasteiger partial charge in [0.05, 0.1) is 5.56 Å². The van der Waals surface area contributed by atoms with E-state index in [4.69, 9.17) is 5.73 Å². The van der Waals surface area contributed by atoms with E-state index in [2.05, 4.69) is 30.3 Å². The van der Waals surface area contributed by atoms with Crippen molar-refractivity contribution < 1.29 is 0 Å². The molecular weight excluding hydrogens is 288 g/mol. The molecule has 0 saturated heterocycles. The molecule has 22 heavy (non-hydrogen) atoms. The van der Waals surface area contributed by atoms with Gasteiger partial charge in [0.25, 0.3) is 0 Å². The summed E-state index contributed by atoms with van der Waals surface area (Å²) in [6, 6.07) is 28.6. The third-order valence-corrected chi connectivity index (χ3v) is 5.91. The minimum Gasteiger partial charge on any atom is -0.399 e. The Bertz CT molecular complexity index is 768. The third-order valence-electron chi connectivity index (χ3n) is 3.41. The highest BCUT2D eigenvalue weighted by molar-refractivity contribution is 8.17. The molecule has 0 aromatic heterocycles. The molecule has 0 aliphatic heterocycles. The highest BCUT2D eigenvalue weighted by Crippen LogP contribution is 2.52. The lowest BCUT2D eigenvalue weighted by molar-refractivity contribution is 1.30. The van der Waals surface area contributed by atoms with Gasteiger partial charge in [0.15, 0.2) is 0 Å². The molecule has 0 amide bonds. The Kier molecular flexibility index (Phi) is 4.13. The summed E-state index contributed by atoms with van der Waals surface area (Å²) in [7, 11) is -0.763. The zero-order valence-electron chi connectivity index (χ0n) is 12.0. The van der Waals surface area contributed by atoms with Crippen molar-refractivity contribution in [3.05, 3.63) is 84.4 Å². The summed E-state index contributed by atoms with van der Waals surface area (Å²) in [5.41, 5.74) is 7.11. The minimum atomic E-state index is -0.763. The molecule has 2 N–H and O–H groups in total. The molecule has 0 heterocycles. The molecule has 0 aliphatic rings. The van der Waals surface area contributed by atoms with Crippen LogP contribution in [0.25, 0.3) is 0 Å². The van der Waals surface area contributed by atoms with E-state index >= 15 is 0 Å². The van der Waals surface area contributed by atoms with Crippen molar-refractivity contribution >= 4 is 16.6 Å². The largest absolute Gasteiger partial charge is 0.399 e. The fourth-order valence-electron chi connectivity index (χ4n) is 2.42. The molecule has 3 aromatic rings. The zero-order chi connectivity index (χ0) is 15.4. The van der Waals surface area contributed by atoms with E-state index in [0.717, 1.165) is 4.90 Å². The number of benzene rings is 3. The lowest BCUT2D eigenvalue weighted by atomic mass is 10.2. The molecule has 0 unspecified atom stereocenters. The van der Waals surface area contributed by atoms with E-state index in [1.807, 2.05) is 48.5 Å². The molecule has 108 valence electrons. The summed E-state index contributed by atoms with van der Waals surface area (Å²) < 4.78 is 0. The maximum atomic E-state index is 9.49. The quantitative estimate of drug-likeness (QED) is 0.548. The first-order chi connectivity index (χ1) is 10.8. The average Bonchev–Trinajstić information content (AvgIpc) is 2.58. The van der Waals surface area contributed by atoms with Gasteiger partial charge in [-0.1, -0.05) is 36.4 Å². The minimum absolute atomic E-state index is 0.622. The van der Waals surface area contributed by atoms with Gasteiger partial charge < -0.3 is 5.73 Å². The van der Waals surface area contributed by atoms with Gasteiger partial charge in [-0.25, -0.2) is 0 Å². The van der Waals surface area contributed by atoms with Crippen LogP contribution in [-0.2, 0) is 0 Å². The second-order valence-electron chi connectivity index (χ2n) is 4.89. The van der Waals surface area contributed by atoms with Crippen LogP contribution < -0.4 is 5.73 Å². The fourth-order valence-corrected chi connectivity index (χ4v) is 4.79. The molecule has 0 radical (unpaired) electrons. The molecule has 3 rings (SSSR count). The molecule has 0 saturated carbocycles. The summed E-state index contributed by atoms with van der Waals surface area (Å²) in [4.78, 5) is 3.50. The number of nitriles is 1. The van der Waals surface area contributed by atoms with Crippen molar-refractivity contribution in [3.63, 3.8) is 0 Å². The Hall–Kier alpha value is -2.70. The van der Waals surface area contributed by atoms with Crippen molar-refractivity contribution in [2.24, 2.45) is 0 Å². The maximum absolute atomic E-state index is 9.49. The average molecular weight is 304 g/mol. The van der Waals surface area contributed by atoms with Crippen molar-refractivity contribution in [1.29, 1.82) is 5.26 Å². The van der Waals surface area contributed by atoms with Crippen molar-refractivity contribution in [3.8, 4) is 6.07 Å². The topological polar surface area (TPSA) is 49.8 Å². The van der Waals surface area contributed by atoms with Crippen LogP contribution >= 0.6 is 10.9 Å². The van der Waals surface area contributed by atoms with E-state index in [9.17, 15) is 5.26 Å². The number of hydrogen-bond donors (Lipinski definition) is 2. The molecule has 0 fully saturated rings. The Labute approximate surface area is 133 Å². The predicted molar refractivity (Wildman–Crippen MR) is 92.2 cm³/mol. The molecule has 0 spiro atoms. The molecule has 0 bridgehead atoms. The highest BCUT2D eigenvalue weighted by Gasteiger charge is 2.16. The molecule has 2 nitrogen and oxygen atoms in total. The third kappa shape index (κ3) is 2.83. The van der Waals surface area contributed by atoms with Crippen LogP contribution in [0.5, 0.6) is 0 Å². The monoisotopic (exact) mass is 304 g/mol. The normalized spacial score (nSPS) is 10.8. The molecule has 0 atom stereocenters. The number of thiol groups is 1. The number of hydrogen-bond acceptors (Lipinski definition) is 2. The standard InChI is InChI=1S/C19H16N2S/c20-14-15-13-16(21)11-12-19(15)22(17-7-3-1-4-8-17)18-9-5-2-6-10-18/h1-13,22H,21H2. The Morgan fingerprint density at radius 2 is 1.32 bits per heavy atom. The van der Waals surface area contributed by atoms with Crippen molar-refractivity contribution in [1.82, 2.24) is 0 Å². The summed E-state index contributed by atoms with van der Waals surface area (Å²) >= 11 is 0. The summed E-state index contributed by atoms with van der Waals surface area (Å²) in [6.07, 6.45) is 0. The van der Waals surface area contributed by atoms with Crippen LogP contribution in [0.15, 0.2) is 93.5 Å². The van der Waals surface area contributed by atoms with E-state index < -0.39 is 10.9 Å². The van der Waals surface area contributed by atoms with Crippen LogP contribution in [0.1, 0.15) is 5.56 Å². The van der Waals surface area contributed by atoms with E-state index in [0.29, 0.717) is 11.3 Å². The zero-order valence-corrected chi connectivity index (χ0v) is 12.9. The molecule has 3 heteroatoms. The summed E-state index contributed by atoms with van der Waals surface area (Å²) in [6.45, 7) is 0. The SMILES string of the molecule is N#Cc1cc(N)ccc1[SH](c1ccccc1)c1ccccc1. The number of nitrogens with zero attached hydrogens (tertiary/aromatic N) is 1. The smallest absolute Gasteiger partial charge is 0.100 e. The lowest BCUT2D eigenvalue weighted by Crippen LogP contribution is -1.94. The van der Waals surface area contributed by atoms with Gasteiger partial charge in [-0.2, -0.15) is 16.2 Å². The Morgan fingerprint density at radius 3 is 1.82 bits per heavy atom. The van der Waals surface area contributed by atoms with E-state index in [-0.39, 0.29) is 0 Å². The highest BCUT2D eigenvalue weighted by atomic mass is 32.2. The van der Waals surface area contributed by atoms with Gasteiger partial charge >= 0.3 is 0 Å². The maximum Gasteiger partial charge on any atom is 0.100 e. The van der Waals surface area contributed by atoms with Gasteiger partial charge in [0.1, 0.15) is 6.07 Å². The predicted octanol–water partition coefficient (Wildman–Crippen LogP) is 4.62. The summed E-state index contributed by atoms with van der Waals surface area (Å²) in [5.74, 6) is 0. The molecular formula is C19H16N2S. The number of nitrogens with two attached hydrogens (primary N) is 1. The second-order valence-corrected chi connectivity index (χ2v) is 7.08. The van der Waals surface area contributed by atoms with E-state index in [1.54, 1.807) is 6.07 Å². The van der Waals surface area contributed by atoms with E-state index in [1.165, 1.54) is 9.79 Å². The van der Waals surface area contributed by atoms with Gasteiger partial charge in [-0.3, -0.25) is 0 Å². The van der Waals surface area contributed by atoms with Crippen LogP contribution in [0.2, 0.25) is 0 Å². The number of nitrogen functional groups attached to an aromatic ring is 1. The van der Waals surface area contributed by atoms with Gasteiger partial charge in [0.2, 0.25) is 0 Å². The first kappa shape index (κ1) is 14.2. The number of anilines is 1. The Morgan fingerprint density at radius 1 is 0.773 bits per heavy atom. The van der Waals surface area contributed by atoms with Gasteiger partial charge in [0, 0.05) is 10.6 Å². The van der Waals surface area contributed by atoms with Gasteiger partial charge in [-0.05, 0) is 52.3 Å². The summed E-state index contributed by atoms with van der Waals surface area (Å²) in [5, 5.41) is 9.49. The van der Waals surface area contributed by atoms with Crippen molar-refractivity contribution in [2.45, 2.75) is 14.7 Å². The van der Waals surface area contributed by atoms with Crippen molar-refractivity contribution in [2.75, 3.05) is 5.73 Å². The molecule has 3 aromatic carbocycles. The van der Waals surface area contributed by atoms with Crippen LogP contribution in [0.4, 0.5) is 5.69 Å². The lowest BCUT2D eigenvalue weighted by Gasteiger charge is -2.24. The van der Waals surface area contributed by atoms with Crippen LogP contribution in [-0.4, -0.2) is 0 Å². The van der Waals surface area contributed by atoms with Crippen LogP contribution in [0.3, 0.4) is 0 Å². The van der Waals surface area contributed by atoms with Crippen LogP contribution in [0, 0.1) is 11.3 Å².